The molecular weight excluding hydrogens is 112 g/mol. The summed E-state index contributed by atoms with van der Waals surface area (Å²) in [5.74, 6) is 0. The molecule has 4 N–H and O–H groups in total. The van der Waals surface area contributed by atoms with Crippen LogP contribution in [0.25, 0.3) is 0 Å². The van der Waals surface area contributed by atoms with Crippen molar-refractivity contribution in [2.75, 3.05) is 0 Å². The van der Waals surface area contributed by atoms with Gasteiger partial charge in [-0.1, -0.05) is 5.10 Å². The van der Waals surface area contributed by atoms with E-state index >= 15 is 0 Å². The Bertz CT molecular complexity index is 124. The van der Waals surface area contributed by atoms with Gasteiger partial charge in [-0.2, -0.15) is 0 Å². The van der Waals surface area contributed by atoms with Crippen molar-refractivity contribution in [3.63, 3.8) is 0 Å². The highest BCUT2D eigenvalue weighted by Gasteiger charge is 1.81. The van der Waals surface area contributed by atoms with Gasteiger partial charge in [-0.15, -0.1) is 0 Å². The maximum absolute atomic E-state index is 9.73. The number of rotatable bonds is 2. The molecule has 0 saturated heterocycles. The monoisotopic (exact) mass is 116 g/mol. The van der Waals surface area contributed by atoms with Gasteiger partial charge in [0.1, 0.15) is 0 Å². The summed E-state index contributed by atoms with van der Waals surface area (Å²) in [5.41, 5.74) is 8.15. The van der Waals surface area contributed by atoms with Crippen molar-refractivity contribution in [3.05, 3.63) is 0 Å². The van der Waals surface area contributed by atoms with Crippen LogP contribution in [0.5, 0.6) is 0 Å². The average Bonchev–Trinajstić information content (AvgIpc) is 1.66. The summed E-state index contributed by atoms with van der Waals surface area (Å²) in [5, 5.41) is 2.74. The van der Waals surface area contributed by atoms with Crippen molar-refractivity contribution in [1.29, 1.82) is 0 Å². The summed E-state index contributed by atoms with van der Waals surface area (Å²) in [7, 11) is 0. The summed E-state index contributed by atoms with van der Waals surface area (Å²) >= 11 is 0. The number of isocyanates is 1. The lowest BCUT2D eigenvalue weighted by atomic mass is 11.1. The van der Waals surface area contributed by atoms with Crippen LogP contribution in [0.2, 0.25) is 0 Å². The lowest BCUT2D eigenvalue weighted by molar-refractivity contribution is 0.245. The molecule has 0 unspecified atom stereocenters. The van der Waals surface area contributed by atoms with Crippen LogP contribution < -0.4 is 16.7 Å². The molecule has 0 aromatic carbocycles. The Labute approximate surface area is 44.7 Å². The Morgan fingerprint density at radius 3 is 2.75 bits per heavy atom. The van der Waals surface area contributed by atoms with E-state index in [0.717, 1.165) is 6.08 Å². The fourth-order valence-electron chi connectivity index (χ4n) is 0.106. The first-order valence-electron chi connectivity index (χ1n) is 1.64. The number of nitrogens with zero attached hydrogens (tertiary/aromatic N) is 1. The molecule has 44 valence electrons. The molecule has 0 atom stereocenters. The van der Waals surface area contributed by atoms with Gasteiger partial charge in [-0.05, 0) is 0 Å². The molecular formula is C2H4N4O2. The molecule has 6 heteroatoms. The number of primary amides is 1. The van der Waals surface area contributed by atoms with Crippen molar-refractivity contribution >= 4 is 12.1 Å². The first kappa shape index (κ1) is 6.45. The number of hydrazine groups is 1. The minimum Gasteiger partial charge on any atom is -0.350 e. The van der Waals surface area contributed by atoms with Crippen LogP contribution in [-0.4, -0.2) is 12.1 Å². The van der Waals surface area contributed by atoms with Gasteiger partial charge >= 0.3 is 6.03 Å². The second-order valence-electron chi connectivity index (χ2n) is 0.804. The number of carbonyl (C=O) groups is 1. The number of carbonyl (C=O) groups excluding carboxylic acids is 2. The van der Waals surface area contributed by atoms with Gasteiger partial charge in [-0.3, -0.25) is 0 Å². The summed E-state index contributed by atoms with van der Waals surface area (Å²) in [6.45, 7) is 0. The third kappa shape index (κ3) is 4.45. The van der Waals surface area contributed by atoms with Crippen LogP contribution in [0.3, 0.4) is 0 Å². The first-order chi connectivity index (χ1) is 3.77. The molecule has 0 rings (SSSR count). The lowest BCUT2D eigenvalue weighted by Crippen LogP contribution is -2.37. The Hall–Kier alpha value is -1.55. The van der Waals surface area contributed by atoms with Gasteiger partial charge in [0.05, 0.1) is 0 Å². The molecule has 0 aromatic heterocycles. The summed E-state index contributed by atoms with van der Waals surface area (Å²) in [6.07, 6.45) is 1.12. The zero-order chi connectivity index (χ0) is 6.41. The van der Waals surface area contributed by atoms with E-state index in [1.165, 1.54) is 0 Å². The Morgan fingerprint density at radius 2 is 2.38 bits per heavy atom. The minimum atomic E-state index is -0.816. The highest BCUT2D eigenvalue weighted by Crippen LogP contribution is 1.46. The largest absolute Gasteiger partial charge is 0.350 e. The van der Waals surface area contributed by atoms with Crippen molar-refractivity contribution in [1.82, 2.24) is 11.0 Å². The highest BCUT2D eigenvalue weighted by molar-refractivity contribution is 5.70. The third-order valence-corrected chi connectivity index (χ3v) is 0.281. The zero-order valence-corrected chi connectivity index (χ0v) is 3.84. The number of urea groups is 1. The SMILES string of the molecule is NC(=O)NNN=C=O. The minimum absolute atomic E-state index is 0.816. The van der Waals surface area contributed by atoms with E-state index in [0.29, 0.717) is 0 Å². The van der Waals surface area contributed by atoms with Gasteiger partial charge in [0.25, 0.3) is 6.08 Å². The average molecular weight is 116 g/mol. The van der Waals surface area contributed by atoms with E-state index in [4.69, 9.17) is 0 Å². The molecule has 0 spiro atoms. The van der Waals surface area contributed by atoms with E-state index in [1.54, 1.807) is 5.43 Å². The van der Waals surface area contributed by atoms with Crippen LogP contribution in [0, 0.1) is 0 Å². The number of amides is 2. The normalized spacial score (nSPS) is 6.50. The van der Waals surface area contributed by atoms with E-state index in [-0.39, 0.29) is 0 Å². The quantitative estimate of drug-likeness (QED) is 0.230. The molecule has 0 bridgehead atoms. The number of hydrazone groups is 1. The first-order valence-corrected chi connectivity index (χ1v) is 1.64. The van der Waals surface area contributed by atoms with E-state index in [9.17, 15) is 9.59 Å². The van der Waals surface area contributed by atoms with Gasteiger partial charge in [-0.25, -0.2) is 20.5 Å². The van der Waals surface area contributed by atoms with Crippen molar-refractivity contribution in [2.45, 2.75) is 0 Å². The molecule has 0 aliphatic carbocycles. The van der Waals surface area contributed by atoms with Gasteiger partial charge in [0.2, 0.25) is 0 Å². The van der Waals surface area contributed by atoms with E-state index in [2.05, 4.69) is 10.8 Å². The smallest absolute Gasteiger partial charge is 0.332 e. The number of nitrogens with one attached hydrogen (secondary N) is 2. The molecule has 0 fully saturated rings. The molecule has 0 aromatic rings. The van der Waals surface area contributed by atoms with Gasteiger partial charge in [0, 0.05) is 0 Å². The lowest BCUT2D eigenvalue weighted by Gasteiger charge is -1.92. The maximum Gasteiger partial charge on any atom is 0.332 e. The van der Waals surface area contributed by atoms with Crippen LogP contribution in [-0.2, 0) is 4.79 Å². The van der Waals surface area contributed by atoms with Crippen LogP contribution in [0.1, 0.15) is 0 Å². The molecule has 0 aliphatic heterocycles. The molecule has 0 heterocycles. The van der Waals surface area contributed by atoms with Crippen LogP contribution in [0.4, 0.5) is 4.79 Å². The number of hydrogen-bond donors (Lipinski definition) is 3. The van der Waals surface area contributed by atoms with Crippen molar-refractivity contribution < 1.29 is 9.59 Å². The molecule has 2 amide bonds. The predicted octanol–water partition coefficient (Wildman–Crippen LogP) is -1.59. The number of nitrogens with two attached hydrogens (primary N) is 1. The van der Waals surface area contributed by atoms with Crippen molar-refractivity contribution in [3.8, 4) is 0 Å². The van der Waals surface area contributed by atoms with Crippen LogP contribution >= 0.6 is 0 Å². The van der Waals surface area contributed by atoms with Gasteiger partial charge < -0.3 is 5.73 Å². The summed E-state index contributed by atoms with van der Waals surface area (Å²) in [4.78, 5) is 19.0. The predicted molar refractivity (Wildman–Crippen MR) is 24.0 cm³/mol. The molecule has 0 aliphatic rings. The molecule has 0 radical (unpaired) electrons. The topological polar surface area (TPSA) is 96.6 Å². The highest BCUT2D eigenvalue weighted by atomic mass is 16.2. The Balaban J connectivity index is 3.18. The summed E-state index contributed by atoms with van der Waals surface area (Å²) in [6, 6.07) is -0.816. The zero-order valence-electron chi connectivity index (χ0n) is 3.84. The molecule has 6 nitrogen and oxygen atoms in total. The standard InChI is InChI=1S/C2H4N4O2/c3-2(8)5-6-4-1-7/h6H,(H3,3,5,8). The Kier molecular flexibility index (Phi) is 2.93. The second kappa shape index (κ2) is 3.63. The second-order valence-corrected chi connectivity index (χ2v) is 0.804. The fraction of sp³-hybridized carbons (Fsp3) is 0. The maximum atomic E-state index is 9.73. The third-order valence-electron chi connectivity index (χ3n) is 0.281. The number of hydrogen-bond acceptors (Lipinski definition) is 4. The van der Waals surface area contributed by atoms with Crippen molar-refractivity contribution in [2.24, 2.45) is 10.8 Å². The van der Waals surface area contributed by atoms with Crippen LogP contribution in [0.15, 0.2) is 5.10 Å². The van der Waals surface area contributed by atoms with E-state index in [1.807, 2.05) is 5.53 Å². The Morgan fingerprint density at radius 1 is 1.75 bits per heavy atom. The fourth-order valence-corrected chi connectivity index (χ4v) is 0.106. The molecule has 0 saturated carbocycles. The van der Waals surface area contributed by atoms with Gasteiger partial charge in [0.15, 0.2) is 0 Å². The summed E-state index contributed by atoms with van der Waals surface area (Å²) < 4.78 is 0. The molecule has 8 heavy (non-hydrogen) atoms. The van der Waals surface area contributed by atoms with E-state index < -0.39 is 6.03 Å².